The number of non-ortho nitro benzene ring substituents is 1. The lowest BCUT2D eigenvalue weighted by molar-refractivity contribution is -0.384. The number of carbonyl (C=O) groups excluding carboxylic acids is 2. The molecule has 8 nitrogen and oxygen atoms in total. The van der Waals surface area contributed by atoms with Crippen LogP contribution in [0.25, 0.3) is 0 Å². The summed E-state index contributed by atoms with van der Waals surface area (Å²) in [6.45, 7) is 0.140. The Bertz CT molecular complexity index is 1340. The third-order valence-electron chi connectivity index (χ3n) is 5.89. The van der Waals surface area contributed by atoms with Crippen LogP contribution in [0.4, 0.5) is 5.69 Å². The van der Waals surface area contributed by atoms with E-state index in [4.69, 9.17) is 0 Å². The van der Waals surface area contributed by atoms with Gasteiger partial charge in [-0.1, -0.05) is 84.9 Å². The second kappa shape index (κ2) is 11.6. The molecule has 0 aliphatic heterocycles. The van der Waals surface area contributed by atoms with Crippen LogP contribution in [0.2, 0.25) is 0 Å². The molecule has 0 bridgehead atoms. The maximum Gasteiger partial charge on any atom is 0.269 e. The van der Waals surface area contributed by atoms with Crippen LogP contribution < -0.4 is 10.6 Å². The number of nitro groups is 1. The maximum absolute atomic E-state index is 13.7. The van der Waals surface area contributed by atoms with Crippen molar-refractivity contribution in [2.75, 3.05) is 0 Å². The molecule has 0 aliphatic carbocycles. The Morgan fingerprint density at radius 3 is 1.89 bits per heavy atom. The van der Waals surface area contributed by atoms with Gasteiger partial charge < -0.3 is 15.7 Å². The van der Waals surface area contributed by atoms with Gasteiger partial charge in [0.2, 0.25) is 11.8 Å². The van der Waals surface area contributed by atoms with E-state index in [1.165, 1.54) is 30.3 Å². The number of rotatable bonds is 9. The zero-order chi connectivity index (χ0) is 26.2. The second-order valence-corrected chi connectivity index (χ2v) is 8.43. The lowest BCUT2D eigenvalue weighted by atomic mass is 9.90. The smallest absolute Gasteiger partial charge is 0.269 e. The van der Waals surface area contributed by atoms with Crippen LogP contribution in [0.15, 0.2) is 109 Å². The molecule has 0 aromatic heterocycles. The number of hydrogen-bond donors (Lipinski definition) is 3. The second-order valence-electron chi connectivity index (χ2n) is 8.43. The largest absolute Gasteiger partial charge is 0.508 e. The molecule has 4 aromatic rings. The number of nitro benzene ring substituents is 1. The first-order valence-electron chi connectivity index (χ1n) is 11.6. The minimum atomic E-state index is -1.18. The van der Waals surface area contributed by atoms with Gasteiger partial charge in [-0.2, -0.15) is 0 Å². The van der Waals surface area contributed by atoms with Crippen LogP contribution in [-0.4, -0.2) is 21.8 Å². The van der Waals surface area contributed by atoms with Gasteiger partial charge in [-0.15, -0.1) is 0 Å². The number of phenols is 1. The third kappa shape index (κ3) is 6.37. The Morgan fingerprint density at radius 2 is 1.32 bits per heavy atom. The number of carbonyl (C=O) groups is 2. The molecule has 8 heteroatoms. The van der Waals surface area contributed by atoms with Crippen molar-refractivity contribution in [1.82, 2.24) is 10.6 Å². The standard InChI is InChI=1S/C29H25N3O5/c33-25-16-14-20(15-17-25)19-30-29(35)27(23-12-7-13-24(18-23)32(36)37)31-28(34)26(21-8-3-1-4-9-21)22-10-5-2-6-11-22/h1-18,26-27,33H,19H2,(H,30,35)(H,31,34)/t27-/m1/s1. The SMILES string of the molecule is O=C(N[C@@H](C(=O)NCc1ccc(O)cc1)c1cccc([N+](=O)[O-])c1)C(c1ccccc1)c1ccccc1. The Balaban J connectivity index is 1.65. The van der Waals surface area contributed by atoms with Gasteiger partial charge in [-0.05, 0) is 34.4 Å². The number of nitrogens with one attached hydrogen (secondary N) is 2. The fourth-order valence-corrected chi connectivity index (χ4v) is 4.03. The zero-order valence-electron chi connectivity index (χ0n) is 19.8. The summed E-state index contributed by atoms with van der Waals surface area (Å²) >= 11 is 0. The minimum Gasteiger partial charge on any atom is -0.508 e. The third-order valence-corrected chi connectivity index (χ3v) is 5.89. The van der Waals surface area contributed by atoms with Crippen LogP contribution in [-0.2, 0) is 16.1 Å². The van der Waals surface area contributed by atoms with Gasteiger partial charge in [0.25, 0.3) is 5.69 Å². The van der Waals surface area contributed by atoms with Crippen molar-refractivity contribution < 1.29 is 19.6 Å². The number of aromatic hydroxyl groups is 1. The molecule has 0 spiro atoms. The van der Waals surface area contributed by atoms with Gasteiger partial charge in [0, 0.05) is 18.7 Å². The highest BCUT2D eigenvalue weighted by molar-refractivity contribution is 5.93. The molecule has 2 amide bonds. The van der Waals surface area contributed by atoms with Crippen molar-refractivity contribution in [1.29, 1.82) is 0 Å². The molecule has 0 heterocycles. The molecule has 186 valence electrons. The summed E-state index contributed by atoms with van der Waals surface area (Å²) in [4.78, 5) is 37.9. The molecule has 0 fully saturated rings. The van der Waals surface area contributed by atoms with E-state index in [-0.39, 0.29) is 23.5 Å². The Labute approximate surface area is 213 Å². The van der Waals surface area contributed by atoms with Gasteiger partial charge in [0.1, 0.15) is 11.8 Å². The topological polar surface area (TPSA) is 122 Å². The minimum absolute atomic E-state index is 0.102. The summed E-state index contributed by atoms with van der Waals surface area (Å²) < 4.78 is 0. The average molecular weight is 496 g/mol. The van der Waals surface area contributed by atoms with E-state index in [1.807, 2.05) is 60.7 Å². The highest BCUT2D eigenvalue weighted by Crippen LogP contribution is 2.27. The number of amides is 2. The summed E-state index contributed by atoms with van der Waals surface area (Å²) in [5.41, 5.74) is 2.32. The maximum atomic E-state index is 13.7. The number of nitrogens with zero attached hydrogens (tertiary/aromatic N) is 1. The summed E-state index contributed by atoms with van der Waals surface area (Å²) in [5, 5.41) is 26.5. The Hall–Kier alpha value is -4.98. The number of benzene rings is 4. The first kappa shape index (κ1) is 25.1. The van der Waals surface area contributed by atoms with Crippen LogP contribution in [0.3, 0.4) is 0 Å². The predicted molar refractivity (Wildman–Crippen MR) is 139 cm³/mol. The fraction of sp³-hybridized carbons (Fsp3) is 0.103. The summed E-state index contributed by atoms with van der Waals surface area (Å²) in [6.07, 6.45) is 0. The van der Waals surface area contributed by atoms with E-state index in [0.29, 0.717) is 0 Å². The molecule has 4 aromatic carbocycles. The molecule has 37 heavy (non-hydrogen) atoms. The molecular formula is C29H25N3O5. The Kier molecular flexibility index (Phi) is 7.90. The first-order valence-corrected chi connectivity index (χ1v) is 11.6. The normalized spacial score (nSPS) is 11.5. The van der Waals surface area contributed by atoms with Crippen molar-refractivity contribution >= 4 is 17.5 Å². The van der Waals surface area contributed by atoms with E-state index in [9.17, 15) is 24.8 Å². The van der Waals surface area contributed by atoms with Crippen LogP contribution >= 0.6 is 0 Å². The van der Waals surface area contributed by atoms with Crippen molar-refractivity contribution in [3.8, 4) is 5.75 Å². The summed E-state index contributed by atoms with van der Waals surface area (Å²) in [7, 11) is 0. The van der Waals surface area contributed by atoms with E-state index in [2.05, 4.69) is 10.6 Å². The molecule has 1 atom stereocenters. The molecular weight excluding hydrogens is 470 g/mol. The predicted octanol–water partition coefficient (Wildman–Crippen LogP) is 4.61. The van der Waals surface area contributed by atoms with E-state index < -0.39 is 28.7 Å². The molecule has 3 N–H and O–H groups in total. The highest BCUT2D eigenvalue weighted by Gasteiger charge is 2.29. The molecule has 0 saturated carbocycles. The van der Waals surface area contributed by atoms with Crippen molar-refractivity contribution in [2.45, 2.75) is 18.5 Å². The summed E-state index contributed by atoms with van der Waals surface area (Å²) in [6, 6.07) is 29.2. The average Bonchev–Trinajstić information content (AvgIpc) is 2.92. The van der Waals surface area contributed by atoms with Gasteiger partial charge in [0.05, 0.1) is 10.8 Å². The van der Waals surface area contributed by atoms with Crippen LogP contribution in [0.5, 0.6) is 5.75 Å². The van der Waals surface area contributed by atoms with Crippen molar-refractivity contribution in [3.63, 3.8) is 0 Å². The lowest BCUT2D eigenvalue weighted by Gasteiger charge is -2.23. The molecule has 0 radical (unpaired) electrons. The van der Waals surface area contributed by atoms with Crippen molar-refractivity contribution in [3.05, 3.63) is 142 Å². The highest BCUT2D eigenvalue weighted by atomic mass is 16.6. The summed E-state index contributed by atoms with van der Waals surface area (Å²) in [5.74, 6) is -1.55. The van der Waals surface area contributed by atoms with E-state index in [1.54, 1.807) is 18.2 Å². The first-order chi connectivity index (χ1) is 17.9. The molecule has 0 unspecified atom stereocenters. The van der Waals surface area contributed by atoms with Gasteiger partial charge in [0.15, 0.2) is 0 Å². The monoisotopic (exact) mass is 495 g/mol. The van der Waals surface area contributed by atoms with E-state index in [0.717, 1.165) is 16.7 Å². The zero-order valence-corrected chi connectivity index (χ0v) is 19.8. The van der Waals surface area contributed by atoms with Crippen molar-refractivity contribution in [2.24, 2.45) is 0 Å². The van der Waals surface area contributed by atoms with Gasteiger partial charge in [-0.3, -0.25) is 19.7 Å². The van der Waals surface area contributed by atoms with Gasteiger partial charge >= 0.3 is 0 Å². The van der Waals surface area contributed by atoms with Crippen LogP contribution in [0.1, 0.15) is 34.2 Å². The molecule has 0 aliphatic rings. The van der Waals surface area contributed by atoms with E-state index >= 15 is 0 Å². The fourth-order valence-electron chi connectivity index (χ4n) is 4.03. The molecule has 0 saturated heterocycles. The van der Waals surface area contributed by atoms with Crippen LogP contribution in [0, 0.1) is 10.1 Å². The number of phenolic OH excluding ortho intramolecular Hbond substituents is 1. The molecule has 4 rings (SSSR count). The van der Waals surface area contributed by atoms with Gasteiger partial charge in [-0.25, -0.2) is 0 Å². The number of hydrogen-bond acceptors (Lipinski definition) is 5. The lowest BCUT2D eigenvalue weighted by Crippen LogP contribution is -2.42. The Morgan fingerprint density at radius 1 is 0.757 bits per heavy atom. The quantitative estimate of drug-likeness (QED) is 0.231.